The summed E-state index contributed by atoms with van der Waals surface area (Å²) in [7, 11) is 1.85. The van der Waals surface area contributed by atoms with Gasteiger partial charge in [-0.15, -0.1) is 0 Å². The zero-order valence-electron chi connectivity index (χ0n) is 14.2. The Balaban J connectivity index is 1.91. The van der Waals surface area contributed by atoms with Crippen molar-refractivity contribution >= 4 is 11.7 Å². The van der Waals surface area contributed by atoms with E-state index in [9.17, 15) is 4.79 Å². The summed E-state index contributed by atoms with van der Waals surface area (Å²) in [6.07, 6.45) is 6.10. The number of anilines is 1. The van der Waals surface area contributed by atoms with Crippen LogP contribution < -0.4 is 5.32 Å². The molecule has 0 aromatic carbocycles. The van der Waals surface area contributed by atoms with Gasteiger partial charge in [-0.2, -0.15) is 0 Å². The number of piperidine rings is 1. The molecule has 126 valence electrons. The molecule has 1 saturated heterocycles. The first-order chi connectivity index (χ1) is 11.7. The lowest BCUT2D eigenvalue weighted by molar-refractivity contribution is -0.132. The van der Waals surface area contributed by atoms with E-state index in [4.69, 9.17) is 4.98 Å². The lowest BCUT2D eigenvalue weighted by atomic mass is 9.96. The summed E-state index contributed by atoms with van der Waals surface area (Å²) in [4.78, 5) is 27.5. The Hall–Kier alpha value is -2.50. The summed E-state index contributed by atoms with van der Waals surface area (Å²) in [6.45, 7) is 3.45. The van der Waals surface area contributed by atoms with Gasteiger partial charge in [0, 0.05) is 56.5 Å². The first-order valence-electron chi connectivity index (χ1n) is 8.46. The maximum Gasteiger partial charge on any atom is 0.222 e. The molecule has 1 fully saturated rings. The van der Waals surface area contributed by atoms with E-state index in [0.29, 0.717) is 13.0 Å². The molecule has 1 N–H and O–H groups in total. The van der Waals surface area contributed by atoms with Crippen molar-refractivity contribution in [3.05, 3.63) is 36.4 Å². The van der Waals surface area contributed by atoms with Crippen LogP contribution in [0.1, 0.15) is 37.9 Å². The van der Waals surface area contributed by atoms with Gasteiger partial charge in [-0.05, 0) is 25.0 Å². The van der Waals surface area contributed by atoms with Gasteiger partial charge in [-0.1, -0.05) is 6.92 Å². The third-order valence-electron chi connectivity index (χ3n) is 4.40. The van der Waals surface area contributed by atoms with Crippen molar-refractivity contribution in [2.24, 2.45) is 0 Å². The molecule has 3 heterocycles. The molecule has 24 heavy (non-hydrogen) atoms. The maximum atomic E-state index is 12.0. The van der Waals surface area contributed by atoms with E-state index >= 15 is 0 Å². The molecule has 0 spiro atoms. The van der Waals surface area contributed by atoms with Crippen molar-refractivity contribution in [3.8, 4) is 11.3 Å². The Morgan fingerprint density at radius 2 is 2.29 bits per heavy atom. The van der Waals surface area contributed by atoms with E-state index in [1.165, 1.54) is 0 Å². The molecule has 1 amide bonds. The zero-order chi connectivity index (χ0) is 16.9. The molecule has 3 rings (SSSR count). The molecule has 1 unspecified atom stereocenters. The van der Waals surface area contributed by atoms with Gasteiger partial charge in [0.15, 0.2) is 0 Å². The second kappa shape index (κ2) is 7.38. The number of hydrogen-bond donors (Lipinski definition) is 1. The molecule has 2 aromatic rings. The van der Waals surface area contributed by atoms with E-state index < -0.39 is 0 Å². The Morgan fingerprint density at radius 3 is 3.00 bits per heavy atom. The molecule has 2 aromatic heterocycles. The highest BCUT2D eigenvalue weighted by Gasteiger charge is 2.26. The largest absolute Gasteiger partial charge is 0.373 e. The van der Waals surface area contributed by atoms with Gasteiger partial charge in [-0.25, -0.2) is 9.97 Å². The average Bonchev–Trinajstić information content (AvgIpc) is 2.67. The van der Waals surface area contributed by atoms with Gasteiger partial charge >= 0.3 is 0 Å². The van der Waals surface area contributed by atoms with Crippen molar-refractivity contribution in [1.82, 2.24) is 19.9 Å². The summed E-state index contributed by atoms with van der Waals surface area (Å²) in [6, 6.07) is 5.82. The molecule has 0 bridgehead atoms. The maximum absolute atomic E-state index is 12.0. The van der Waals surface area contributed by atoms with Crippen molar-refractivity contribution in [1.29, 1.82) is 0 Å². The molecule has 1 aliphatic heterocycles. The number of likely N-dealkylation sites (tertiary alicyclic amines) is 1. The summed E-state index contributed by atoms with van der Waals surface area (Å²) >= 11 is 0. The van der Waals surface area contributed by atoms with Crippen LogP contribution in [0.4, 0.5) is 5.82 Å². The zero-order valence-corrected chi connectivity index (χ0v) is 14.2. The molecule has 1 aliphatic rings. The van der Waals surface area contributed by atoms with Gasteiger partial charge in [0.2, 0.25) is 5.91 Å². The number of pyridine rings is 1. The molecule has 0 radical (unpaired) electrons. The van der Waals surface area contributed by atoms with Gasteiger partial charge in [-0.3, -0.25) is 9.78 Å². The first kappa shape index (κ1) is 16.4. The van der Waals surface area contributed by atoms with E-state index in [1.807, 2.05) is 37.1 Å². The summed E-state index contributed by atoms with van der Waals surface area (Å²) < 4.78 is 0. The number of amides is 1. The van der Waals surface area contributed by atoms with Gasteiger partial charge in [0.25, 0.3) is 0 Å². The minimum atomic E-state index is 0.179. The van der Waals surface area contributed by atoms with Crippen LogP contribution in [-0.4, -0.2) is 45.9 Å². The minimum absolute atomic E-state index is 0.179. The number of nitrogens with one attached hydrogen (secondary N) is 1. The predicted molar refractivity (Wildman–Crippen MR) is 93.7 cm³/mol. The highest BCUT2D eigenvalue weighted by atomic mass is 16.2. The third-order valence-corrected chi connectivity index (χ3v) is 4.40. The lowest BCUT2D eigenvalue weighted by Crippen LogP contribution is -2.39. The average molecular weight is 325 g/mol. The van der Waals surface area contributed by atoms with Crippen LogP contribution >= 0.6 is 0 Å². The monoisotopic (exact) mass is 325 g/mol. The fourth-order valence-electron chi connectivity index (χ4n) is 3.08. The SMILES string of the molecule is CCC(=O)N1CCCC(c2nc(NC)cc(-c3cccnc3)n2)C1. The van der Waals surface area contributed by atoms with Crippen LogP contribution in [-0.2, 0) is 4.79 Å². The minimum Gasteiger partial charge on any atom is -0.373 e. The number of aromatic nitrogens is 3. The molecule has 6 heteroatoms. The van der Waals surface area contributed by atoms with Crippen LogP contribution in [0.15, 0.2) is 30.6 Å². The van der Waals surface area contributed by atoms with Crippen molar-refractivity contribution in [2.45, 2.75) is 32.1 Å². The normalized spacial score (nSPS) is 17.6. The van der Waals surface area contributed by atoms with E-state index in [0.717, 1.165) is 42.3 Å². The first-order valence-corrected chi connectivity index (χ1v) is 8.46. The van der Waals surface area contributed by atoms with Gasteiger partial charge in [0.1, 0.15) is 11.6 Å². The standard InChI is InChI=1S/C18H23N5O/c1-3-17(24)23-9-5-7-14(12-23)18-21-15(10-16(19-2)22-18)13-6-4-8-20-11-13/h4,6,8,10-11,14H,3,5,7,9,12H2,1-2H3,(H,19,21,22). The summed E-state index contributed by atoms with van der Waals surface area (Å²) in [5.41, 5.74) is 1.83. The molecule has 0 aliphatic carbocycles. The van der Waals surface area contributed by atoms with Crippen molar-refractivity contribution in [2.75, 3.05) is 25.5 Å². The molecular formula is C18H23N5O. The van der Waals surface area contributed by atoms with Crippen LogP contribution in [0.5, 0.6) is 0 Å². The molecular weight excluding hydrogens is 302 g/mol. The topological polar surface area (TPSA) is 71.0 Å². The number of carbonyl (C=O) groups excluding carboxylic acids is 1. The lowest BCUT2D eigenvalue weighted by Gasteiger charge is -2.32. The third kappa shape index (κ3) is 3.53. The number of hydrogen-bond acceptors (Lipinski definition) is 5. The van der Waals surface area contributed by atoms with Crippen molar-refractivity contribution in [3.63, 3.8) is 0 Å². The Kier molecular flexibility index (Phi) is 5.03. The van der Waals surface area contributed by atoms with Crippen LogP contribution in [0, 0.1) is 0 Å². The van der Waals surface area contributed by atoms with E-state index in [1.54, 1.807) is 12.4 Å². The number of nitrogens with zero attached hydrogens (tertiary/aromatic N) is 4. The Morgan fingerprint density at radius 1 is 1.42 bits per heavy atom. The van der Waals surface area contributed by atoms with E-state index in [-0.39, 0.29) is 11.8 Å². The second-order valence-electron chi connectivity index (χ2n) is 6.02. The molecule has 1 atom stereocenters. The fraction of sp³-hybridized carbons (Fsp3) is 0.444. The molecule has 0 saturated carbocycles. The second-order valence-corrected chi connectivity index (χ2v) is 6.02. The van der Waals surface area contributed by atoms with Gasteiger partial charge in [0.05, 0.1) is 5.69 Å². The number of rotatable bonds is 4. The van der Waals surface area contributed by atoms with Crippen LogP contribution in [0.25, 0.3) is 11.3 Å². The van der Waals surface area contributed by atoms with Gasteiger partial charge < -0.3 is 10.2 Å². The highest BCUT2D eigenvalue weighted by Crippen LogP contribution is 2.28. The Labute approximate surface area is 142 Å². The van der Waals surface area contributed by atoms with E-state index in [2.05, 4.69) is 15.3 Å². The Bertz CT molecular complexity index is 704. The van der Waals surface area contributed by atoms with Crippen LogP contribution in [0.3, 0.4) is 0 Å². The van der Waals surface area contributed by atoms with Crippen LogP contribution in [0.2, 0.25) is 0 Å². The summed E-state index contributed by atoms with van der Waals surface area (Å²) in [5, 5.41) is 3.11. The highest BCUT2D eigenvalue weighted by molar-refractivity contribution is 5.76. The number of carbonyl (C=O) groups is 1. The molecule has 6 nitrogen and oxygen atoms in total. The smallest absolute Gasteiger partial charge is 0.222 e. The quantitative estimate of drug-likeness (QED) is 0.936. The fourth-order valence-corrected chi connectivity index (χ4v) is 3.08. The predicted octanol–water partition coefficient (Wildman–Crippen LogP) is 2.70. The van der Waals surface area contributed by atoms with Crippen molar-refractivity contribution < 1.29 is 4.79 Å². The summed E-state index contributed by atoms with van der Waals surface area (Å²) in [5.74, 6) is 1.97.